The Morgan fingerprint density at radius 3 is 2.64 bits per heavy atom. The van der Waals surface area contributed by atoms with E-state index in [1.807, 2.05) is 0 Å². The molecule has 1 aliphatic heterocycles. The van der Waals surface area contributed by atoms with Crippen LogP contribution in [0.1, 0.15) is 0 Å². The highest BCUT2D eigenvalue weighted by molar-refractivity contribution is 6.79. The summed E-state index contributed by atoms with van der Waals surface area (Å²) < 4.78 is -1.05. The van der Waals surface area contributed by atoms with Crippen molar-refractivity contribution >= 4 is 51.3 Å². The van der Waals surface area contributed by atoms with Crippen LogP contribution >= 0.6 is 34.8 Å². The van der Waals surface area contributed by atoms with Crippen molar-refractivity contribution in [1.29, 1.82) is 0 Å². The molecule has 6 heteroatoms. The van der Waals surface area contributed by atoms with Crippen molar-refractivity contribution in [2.24, 2.45) is 0 Å². The summed E-state index contributed by atoms with van der Waals surface area (Å²) >= 11 is 17.3. The zero-order valence-corrected chi connectivity index (χ0v) is 9.07. The summed E-state index contributed by atoms with van der Waals surface area (Å²) in [5.41, 5.74) is 0.950. The van der Waals surface area contributed by atoms with E-state index in [-0.39, 0.29) is 5.17 Å². The first kappa shape index (κ1) is 9.90. The molecule has 14 heavy (non-hydrogen) atoms. The molecule has 0 atom stereocenters. The van der Waals surface area contributed by atoms with Crippen molar-refractivity contribution in [1.82, 2.24) is 0 Å². The first-order valence-corrected chi connectivity index (χ1v) is 4.91. The van der Waals surface area contributed by atoms with Crippen molar-refractivity contribution in [2.45, 2.75) is 4.46 Å². The van der Waals surface area contributed by atoms with Gasteiger partial charge in [0.15, 0.2) is 0 Å². The standard InChI is InChI=1S/C8H5Cl3N2O/c9-7-8(10,11)12-5-3-1-2-4-6(5)13(7)14/h1-4,12H. The number of para-hydroxylation sites is 2. The molecule has 0 fully saturated rings. The van der Waals surface area contributed by atoms with Gasteiger partial charge in [-0.1, -0.05) is 35.3 Å². The van der Waals surface area contributed by atoms with E-state index in [0.717, 1.165) is 0 Å². The molecular formula is C8H5Cl3N2O. The van der Waals surface area contributed by atoms with Crippen molar-refractivity contribution < 1.29 is 4.74 Å². The van der Waals surface area contributed by atoms with E-state index >= 15 is 0 Å². The summed E-state index contributed by atoms with van der Waals surface area (Å²) in [7, 11) is 0. The molecule has 1 aliphatic rings. The van der Waals surface area contributed by atoms with Crippen LogP contribution in [0, 0.1) is 5.21 Å². The average molecular weight is 252 g/mol. The Morgan fingerprint density at radius 1 is 1.29 bits per heavy atom. The maximum absolute atomic E-state index is 11.6. The summed E-state index contributed by atoms with van der Waals surface area (Å²) in [6, 6.07) is 6.82. The van der Waals surface area contributed by atoms with Gasteiger partial charge in [0.25, 0.3) is 4.46 Å². The SMILES string of the molecule is [O-][N+]1=C(Cl)C(Cl)(Cl)Nc2ccccc21. The predicted molar refractivity (Wildman–Crippen MR) is 58.6 cm³/mol. The minimum atomic E-state index is -1.56. The Labute approximate surface area is 95.5 Å². The predicted octanol–water partition coefficient (Wildman–Crippen LogP) is 3.02. The molecule has 3 nitrogen and oxygen atoms in total. The van der Waals surface area contributed by atoms with Crippen molar-refractivity contribution in [2.75, 3.05) is 5.32 Å². The molecule has 0 amide bonds. The van der Waals surface area contributed by atoms with Crippen molar-refractivity contribution in [3.05, 3.63) is 29.5 Å². The molecule has 0 saturated carbocycles. The van der Waals surface area contributed by atoms with Crippen molar-refractivity contribution in [3.63, 3.8) is 0 Å². The number of rotatable bonds is 0. The quantitative estimate of drug-likeness (QED) is 0.333. The third-order valence-electron chi connectivity index (χ3n) is 1.85. The minimum absolute atomic E-state index is 0.209. The lowest BCUT2D eigenvalue weighted by Gasteiger charge is -2.25. The van der Waals surface area contributed by atoms with E-state index < -0.39 is 4.46 Å². The Bertz CT molecular complexity index is 417. The number of hydrogen-bond acceptors (Lipinski definition) is 2. The molecule has 0 spiro atoms. The van der Waals surface area contributed by atoms with Gasteiger partial charge in [0, 0.05) is 6.07 Å². The number of nitrogens with zero attached hydrogens (tertiary/aromatic N) is 1. The van der Waals surface area contributed by atoms with Gasteiger partial charge in [-0.15, -0.1) is 0 Å². The lowest BCUT2D eigenvalue weighted by Crippen LogP contribution is -2.39. The zero-order valence-electron chi connectivity index (χ0n) is 6.80. The second kappa shape index (κ2) is 3.19. The molecule has 1 N–H and O–H groups in total. The highest BCUT2D eigenvalue weighted by Crippen LogP contribution is 2.37. The van der Waals surface area contributed by atoms with Crippen LogP contribution in [0.3, 0.4) is 0 Å². The summed E-state index contributed by atoms with van der Waals surface area (Å²) in [4.78, 5) is 0. The number of anilines is 1. The maximum Gasteiger partial charge on any atom is 0.320 e. The van der Waals surface area contributed by atoms with Gasteiger partial charge >= 0.3 is 5.17 Å². The Kier molecular flexibility index (Phi) is 2.26. The molecule has 74 valence electrons. The summed E-state index contributed by atoms with van der Waals surface area (Å²) in [6.07, 6.45) is 0. The lowest BCUT2D eigenvalue weighted by molar-refractivity contribution is -0.360. The van der Waals surface area contributed by atoms with Crippen LogP contribution < -0.4 is 5.32 Å². The van der Waals surface area contributed by atoms with Crippen LogP contribution in [-0.4, -0.2) is 14.4 Å². The molecule has 1 aromatic rings. The first-order valence-electron chi connectivity index (χ1n) is 3.77. The van der Waals surface area contributed by atoms with Crippen LogP contribution in [-0.2, 0) is 0 Å². The smallest absolute Gasteiger partial charge is 0.320 e. The third-order valence-corrected chi connectivity index (χ3v) is 3.03. The molecule has 1 heterocycles. The van der Waals surface area contributed by atoms with Crippen LogP contribution in [0.5, 0.6) is 0 Å². The van der Waals surface area contributed by atoms with Gasteiger partial charge in [-0.05, 0) is 17.7 Å². The monoisotopic (exact) mass is 250 g/mol. The van der Waals surface area contributed by atoms with Crippen LogP contribution in [0.2, 0.25) is 0 Å². The lowest BCUT2D eigenvalue weighted by atomic mass is 10.2. The van der Waals surface area contributed by atoms with Gasteiger partial charge in [0.2, 0.25) is 5.69 Å². The number of nitrogens with one attached hydrogen (secondary N) is 1. The van der Waals surface area contributed by atoms with Gasteiger partial charge < -0.3 is 10.5 Å². The fourth-order valence-electron chi connectivity index (χ4n) is 1.21. The fraction of sp³-hybridized carbons (Fsp3) is 0.125. The number of hydrogen-bond donors (Lipinski definition) is 1. The molecule has 0 saturated heterocycles. The van der Waals surface area contributed by atoms with E-state index in [0.29, 0.717) is 16.1 Å². The molecule has 2 rings (SSSR count). The zero-order chi connectivity index (χ0) is 10.3. The second-order valence-corrected chi connectivity index (χ2v) is 4.49. The number of halogens is 3. The molecule has 0 unspecified atom stereocenters. The van der Waals surface area contributed by atoms with Gasteiger partial charge in [-0.25, -0.2) is 0 Å². The first-order chi connectivity index (χ1) is 6.52. The van der Waals surface area contributed by atoms with Crippen LogP contribution in [0.25, 0.3) is 0 Å². The minimum Gasteiger partial charge on any atom is -0.617 e. The molecule has 1 aromatic carbocycles. The third kappa shape index (κ3) is 1.41. The van der Waals surface area contributed by atoms with E-state index in [4.69, 9.17) is 34.8 Å². The molecule has 0 radical (unpaired) electrons. The topological polar surface area (TPSA) is 38.1 Å². The normalized spacial score (nSPS) is 18.8. The highest BCUT2D eigenvalue weighted by atomic mass is 35.5. The molecule has 0 aromatic heterocycles. The van der Waals surface area contributed by atoms with E-state index in [9.17, 15) is 5.21 Å². The van der Waals surface area contributed by atoms with E-state index in [2.05, 4.69) is 5.32 Å². The number of alkyl halides is 2. The Morgan fingerprint density at radius 2 is 1.93 bits per heavy atom. The van der Waals surface area contributed by atoms with Gasteiger partial charge in [0.05, 0.1) is 0 Å². The van der Waals surface area contributed by atoms with E-state index in [1.54, 1.807) is 24.3 Å². The van der Waals surface area contributed by atoms with Crippen molar-refractivity contribution in [3.8, 4) is 0 Å². The Hall–Kier alpha value is -0.640. The van der Waals surface area contributed by atoms with Gasteiger partial charge in [-0.2, -0.15) is 4.74 Å². The largest absolute Gasteiger partial charge is 0.617 e. The highest BCUT2D eigenvalue weighted by Gasteiger charge is 2.42. The summed E-state index contributed by atoms with van der Waals surface area (Å²) in [5, 5.41) is 14.1. The maximum atomic E-state index is 11.6. The van der Waals surface area contributed by atoms with Gasteiger partial charge in [0.1, 0.15) is 5.69 Å². The summed E-state index contributed by atoms with van der Waals surface area (Å²) in [6.45, 7) is 0. The van der Waals surface area contributed by atoms with Crippen LogP contribution in [0.15, 0.2) is 24.3 Å². The molecule has 0 bridgehead atoms. The van der Waals surface area contributed by atoms with E-state index in [1.165, 1.54) is 0 Å². The van der Waals surface area contributed by atoms with Gasteiger partial charge in [-0.3, -0.25) is 0 Å². The fourth-order valence-corrected chi connectivity index (χ4v) is 1.71. The molecule has 0 aliphatic carbocycles. The summed E-state index contributed by atoms with van der Waals surface area (Å²) in [5.74, 6) is 0. The number of benzene rings is 1. The number of fused-ring (bicyclic) bond motifs is 1. The average Bonchev–Trinajstić information content (AvgIpc) is 2.14. The second-order valence-electron chi connectivity index (χ2n) is 2.80. The molecular weight excluding hydrogens is 246 g/mol. The Balaban J connectivity index is 2.64. The van der Waals surface area contributed by atoms with Crippen LogP contribution in [0.4, 0.5) is 11.4 Å².